The Balaban J connectivity index is 1.18. The lowest BCUT2D eigenvalue weighted by atomic mass is 9.97. The van der Waals surface area contributed by atoms with Crippen LogP contribution in [0.15, 0.2) is 105 Å². The summed E-state index contributed by atoms with van der Waals surface area (Å²) in [5, 5.41) is 2.97. The number of carbonyl (C=O) groups excluding carboxylic acids is 1. The summed E-state index contributed by atoms with van der Waals surface area (Å²) in [6, 6.07) is 26.8. The molecule has 9 heteroatoms. The van der Waals surface area contributed by atoms with E-state index in [4.69, 9.17) is 9.26 Å². The molecule has 0 fully saturated rings. The molecular formula is C31H28N4O5. The Labute approximate surface area is 230 Å². The van der Waals surface area contributed by atoms with E-state index in [1.165, 1.54) is 0 Å². The van der Waals surface area contributed by atoms with Crippen molar-refractivity contribution in [2.45, 2.75) is 26.5 Å². The summed E-state index contributed by atoms with van der Waals surface area (Å²) in [6.07, 6.45) is 2.43. The fraction of sp³-hybridized carbons (Fsp3) is 0.161. The van der Waals surface area contributed by atoms with Gasteiger partial charge in [0.2, 0.25) is 0 Å². The van der Waals surface area contributed by atoms with Crippen molar-refractivity contribution in [3.8, 4) is 16.9 Å². The molecule has 0 atom stereocenters. The number of nitrogens with one attached hydrogen (secondary N) is 2. The van der Waals surface area contributed by atoms with Crippen molar-refractivity contribution in [3.63, 3.8) is 0 Å². The van der Waals surface area contributed by atoms with Gasteiger partial charge in [0.1, 0.15) is 12.4 Å². The second kappa shape index (κ2) is 12.1. The van der Waals surface area contributed by atoms with Crippen LogP contribution in [0.5, 0.6) is 5.75 Å². The molecule has 0 aliphatic carbocycles. The largest absolute Gasteiger partial charge is 0.489 e. The van der Waals surface area contributed by atoms with Gasteiger partial charge in [-0.3, -0.25) is 9.78 Å². The molecule has 202 valence electrons. The number of rotatable bonds is 10. The van der Waals surface area contributed by atoms with Gasteiger partial charge in [0, 0.05) is 30.4 Å². The highest BCUT2D eigenvalue weighted by Crippen LogP contribution is 2.26. The molecule has 5 rings (SSSR count). The van der Waals surface area contributed by atoms with Gasteiger partial charge >= 0.3 is 11.4 Å². The Morgan fingerprint density at radius 3 is 2.55 bits per heavy atom. The predicted octanol–water partition coefficient (Wildman–Crippen LogP) is 4.10. The first-order valence-corrected chi connectivity index (χ1v) is 12.8. The summed E-state index contributed by atoms with van der Waals surface area (Å²) in [5.41, 5.74) is 5.85. The standard InChI is InChI=1S/C31H28N4O5/c1-21-17-25(29(36)33-16-14-26-7-2-3-15-32-26)10-13-28(21)24-6-4-5-23(18-24)20-39-27-11-8-22(9-12-27)19-35-30(37)34-31(38)40-35/h2-13,15,17-18H,14,16,19-20H2,1H3,(H,33,36)(H,34,37,38). The third-order valence-corrected chi connectivity index (χ3v) is 6.40. The van der Waals surface area contributed by atoms with Crippen molar-refractivity contribution < 1.29 is 14.1 Å². The van der Waals surface area contributed by atoms with Gasteiger partial charge < -0.3 is 14.6 Å². The van der Waals surface area contributed by atoms with E-state index in [0.29, 0.717) is 30.9 Å². The maximum absolute atomic E-state index is 12.7. The molecule has 0 radical (unpaired) electrons. The summed E-state index contributed by atoms with van der Waals surface area (Å²) in [4.78, 5) is 41.8. The summed E-state index contributed by atoms with van der Waals surface area (Å²) >= 11 is 0. The van der Waals surface area contributed by atoms with Crippen LogP contribution in [-0.4, -0.2) is 27.2 Å². The fourth-order valence-electron chi connectivity index (χ4n) is 4.35. The first-order valence-electron chi connectivity index (χ1n) is 12.8. The van der Waals surface area contributed by atoms with E-state index in [0.717, 1.165) is 38.3 Å². The van der Waals surface area contributed by atoms with E-state index in [1.807, 2.05) is 73.7 Å². The Bertz CT molecular complexity index is 1720. The molecule has 0 aliphatic heterocycles. The first-order chi connectivity index (χ1) is 19.4. The molecule has 40 heavy (non-hydrogen) atoms. The van der Waals surface area contributed by atoms with Crippen LogP contribution in [0.3, 0.4) is 0 Å². The first kappa shape index (κ1) is 26.4. The third-order valence-electron chi connectivity index (χ3n) is 6.40. The molecule has 0 aliphatic rings. The lowest BCUT2D eigenvalue weighted by Gasteiger charge is -2.12. The molecule has 9 nitrogen and oxygen atoms in total. The van der Waals surface area contributed by atoms with E-state index in [9.17, 15) is 14.4 Å². The van der Waals surface area contributed by atoms with Gasteiger partial charge in [0.15, 0.2) is 0 Å². The van der Waals surface area contributed by atoms with Crippen molar-refractivity contribution in [1.82, 2.24) is 20.0 Å². The van der Waals surface area contributed by atoms with Crippen LogP contribution in [0, 0.1) is 6.92 Å². The van der Waals surface area contributed by atoms with Crippen LogP contribution in [0.25, 0.3) is 11.1 Å². The van der Waals surface area contributed by atoms with Gasteiger partial charge in [-0.2, -0.15) is 0 Å². The number of H-pyrrole nitrogens is 1. The lowest BCUT2D eigenvalue weighted by molar-refractivity contribution is 0.0954. The van der Waals surface area contributed by atoms with Crippen LogP contribution in [-0.2, 0) is 19.6 Å². The maximum Gasteiger partial charge on any atom is 0.440 e. The zero-order valence-electron chi connectivity index (χ0n) is 21.9. The number of carbonyl (C=O) groups is 1. The molecule has 0 saturated heterocycles. The number of aromatic amines is 1. The SMILES string of the molecule is Cc1cc(C(=O)NCCc2ccccn2)ccc1-c1cccc(COc2ccc(Cn3oc(=O)[nH]c3=O)cc2)c1. The number of nitrogens with zero attached hydrogens (tertiary/aromatic N) is 2. The quantitative estimate of drug-likeness (QED) is 0.277. The van der Waals surface area contributed by atoms with Crippen LogP contribution >= 0.6 is 0 Å². The molecule has 0 bridgehead atoms. The topological polar surface area (TPSA) is 119 Å². The average molecular weight is 537 g/mol. The molecule has 3 aromatic carbocycles. The molecule has 0 unspecified atom stereocenters. The number of ether oxygens (including phenoxy) is 1. The molecule has 0 saturated carbocycles. The van der Waals surface area contributed by atoms with Crippen molar-refractivity contribution in [3.05, 3.63) is 140 Å². The van der Waals surface area contributed by atoms with Crippen LogP contribution < -0.4 is 21.5 Å². The number of aromatic nitrogens is 3. The number of pyridine rings is 1. The number of benzene rings is 3. The molecule has 2 heterocycles. The Kier molecular flexibility index (Phi) is 8.01. The Hall–Kier alpha value is -5.18. The Morgan fingerprint density at radius 2 is 1.82 bits per heavy atom. The average Bonchev–Trinajstić information content (AvgIpc) is 3.29. The van der Waals surface area contributed by atoms with Gasteiger partial charge in [-0.1, -0.05) is 42.5 Å². The van der Waals surface area contributed by atoms with E-state index in [-0.39, 0.29) is 12.5 Å². The third kappa shape index (κ3) is 6.63. The normalized spacial score (nSPS) is 10.8. The van der Waals surface area contributed by atoms with Crippen LogP contribution in [0.2, 0.25) is 0 Å². The summed E-state index contributed by atoms with van der Waals surface area (Å²) < 4.78 is 11.7. The molecule has 0 spiro atoms. The van der Waals surface area contributed by atoms with Crippen molar-refractivity contribution in [2.75, 3.05) is 6.54 Å². The van der Waals surface area contributed by atoms with E-state index >= 15 is 0 Å². The zero-order chi connectivity index (χ0) is 27.9. The smallest absolute Gasteiger partial charge is 0.440 e. The van der Waals surface area contributed by atoms with Gasteiger partial charge in [-0.25, -0.2) is 14.6 Å². The van der Waals surface area contributed by atoms with Gasteiger partial charge in [0.25, 0.3) is 5.91 Å². The van der Waals surface area contributed by atoms with Gasteiger partial charge in [-0.05, 0) is 77.2 Å². The second-order valence-corrected chi connectivity index (χ2v) is 9.34. The predicted molar refractivity (Wildman–Crippen MR) is 150 cm³/mol. The van der Waals surface area contributed by atoms with E-state index < -0.39 is 11.4 Å². The molecular weight excluding hydrogens is 508 g/mol. The molecule has 2 N–H and O–H groups in total. The fourth-order valence-corrected chi connectivity index (χ4v) is 4.35. The molecule has 5 aromatic rings. The number of hydrogen-bond acceptors (Lipinski definition) is 6. The van der Waals surface area contributed by atoms with Gasteiger partial charge in [-0.15, -0.1) is 4.74 Å². The zero-order valence-corrected chi connectivity index (χ0v) is 21.9. The molecule has 2 aromatic heterocycles. The number of amides is 1. The summed E-state index contributed by atoms with van der Waals surface area (Å²) in [5.74, 6) is -0.216. The van der Waals surface area contributed by atoms with E-state index in [2.05, 4.69) is 21.4 Å². The van der Waals surface area contributed by atoms with Crippen molar-refractivity contribution in [2.24, 2.45) is 0 Å². The van der Waals surface area contributed by atoms with Gasteiger partial charge in [0.05, 0.1) is 6.54 Å². The highest BCUT2D eigenvalue weighted by Gasteiger charge is 2.10. The summed E-state index contributed by atoms with van der Waals surface area (Å²) in [6.45, 7) is 3.03. The Morgan fingerprint density at radius 1 is 0.975 bits per heavy atom. The molecule has 1 amide bonds. The monoisotopic (exact) mass is 536 g/mol. The van der Waals surface area contributed by atoms with Crippen molar-refractivity contribution >= 4 is 5.91 Å². The number of aryl methyl sites for hydroxylation is 1. The second-order valence-electron chi connectivity index (χ2n) is 9.34. The highest BCUT2D eigenvalue weighted by atomic mass is 16.5. The maximum atomic E-state index is 12.7. The lowest BCUT2D eigenvalue weighted by Crippen LogP contribution is -2.25. The van der Waals surface area contributed by atoms with Crippen LogP contribution in [0.4, 0.5) is 0 Å². The minimum Gasteiger partial charge on any atom is -0.489 e. The van der Waals surface area contributed by atoms with E-state index in [1.54, 1.807) is 18.3 Å². The minimum atomic E-state index is -0.781. The van der Waals surface area contributed by atoms with Crippen molar-refractivity contribution in [1.29, 1.82) is 0 Å². The highest BCUT2D eigenvalue weighted by molar-refractivity contribution is 5.95. The minimum absolute atomic E-state index is 0.108. The number of hydrogen-bond donors (Lipinski definition) is 2. The van der Waals surface area contributed by atoms with Crippen LogP contribution in [0.1, 0.15) is 32.7 Å². The summed E-state index contributed by atoms with van der Waals surface area (Å²) in [7, 11) is 0.